The number of amides is 3. The molecule has 1 aliphatic rings. The summed E-state index contributed by atoms with van der Waals surface area (Å²) in [5.74, 6) is -0.00118. The van der Waals surface area contributed by atoms with E-state index < -0.39 is 0 Å². The number of nitrogens with zero attached hydrogens (tertiary/aromatic N) is 1. The maximum atomic E-state index is 12.5. The van der Waals surface area contributed by atoms with Crippen LogP contribution < -0.4 is 10.6 Å². The minimum atomic E-state index is -0.333. The topological polar surface area (TPSA) is 91.7 Å². The second-order valence-electron chi connectivity index (χ2n) is 6.92. The van der Waals surface area contributed by atoms with Gasteiger partial charge in [-0.25, -0.2) is 0 Å². The number of rotatable bonds is 8. The lowest BCUT2D eigenvalue weighted by Gasteiger charge is -2.16. The lowest BCUT2D eigenvalue weighted by Crippen LogP contribution is -2.29. The van der Waals surface area contributed by atoms with Crippen molar-refractivity contribution in [2.24, 2.45) is 5.92 Å². The standard InChI is InChI=1S/C21H25N3O4/c1-2-3-10-24-14-16(12-19(24)25)21(27)23-17-8-6-15(7-9-17)20(26)22-13-18-5-4-11-28-18/h4-9,11,16H,2-3,10,12-14H2,1H3,(H,22,26)(H,23,27). The van der Waals surface area contributed by atoms with Crippen molar-refractivity contribution < 1.29 is 18.8 Å². The second kappa shape index (κ2) is 9.21. The summed E-state index contributed by atoms with van der Waals surface area (Å²) in [7, 11) is 0. The van der Waals surface area contributed by atoms with Gasteiger partial charge in [-0.2, -0.15) is 0 Å². The van der Waals surface area contributed by atoms with Gasteiger partial charge in [0.05, 0.1) is 18.7 Å². The molecule has 0 saturated carbocycles. The van der Waals surface area contributed by atoms with Gasteiger partial charge in [-0.05, 0) is 42.8 Å². The number of hydrogen-bond acceptors (Lipinski definition) is 4. The van der Waals surface area contributed by atoms with Crippen LogP contribution in [0.1, 0.15) is 42.3 Å². The Hall–Kier alpha value is -3.09. The summed E-state index contributed by atoms with van der Waals surface area (Å²) in [5, 5.41) is 5.61. The average molecular weight is 383 g/mol. The summed E-state index contributed by atoms with van der Waals surface area (Å²) < 4.78 is 5.18. The Morgan fingerprint density at radius 3 is 2.68 bits per heavy atom. The maximum Gasteiger partial charge on any atom is 0.251 e. The smallest absolute Gasteiger partial charge is 0.251 e. The fourth-order valence-electron chi connectivity index (χ4n) is 3.14. The lowest BCUT2D eigenvalue weighted by molar-refractivity contribution is -0.128. The molecular formula is C21H25N3O4. The molecule has 3 rings (SSSR count). The molecule has 148 valence electrons. The van der Waals surface area contributed by atoms with Crippen molar-refractivity contribution in [2.45, 2.75) is 32.7 Å². The molecule has 3 amide bonds. The Bertz CT molecular complexity index is 815. The third-order valence-electron chi connectivity index (χ3n) is 4.78. The molecule has 0 spiro atoms. The van der Waals surface area contributed by atoms with E-state index in [0.29, 0.717) is 36.6 Å². The third kappa shape index (κ3) is 5.00. The molecule has 1 aliphatic heterocycles. The molecule has 2 N–H and O–H groups in total. The van der Waals surface area contributed by atoms with Gasteiger partial charge < -0.3 is 20.0 Å². The Balaban J connectivity index is 1.50. The van der Waals surface area contributed by atoms with E-state index in [1.807, 2.05) is 0 Å². The Morgan fingerprint density at radius 2 is 2.00 bits per heavy atom. The van der Waals surface area contributed by atoms with Gasteiger partial charge in [-0.1, -0.05) is 13.3 Å². The summed E-state index contributed by atoms with van der Waals surface area (Å²) in [6.07, 6.45) is 3.77. The first kappa shape index (κ1) is 19.7. The van der Waals surface area contributed by atoms with E-state index in [-0.39, 0.29) is 30.1 Å². The minimum absolute atomic E-state index is 0.0391. The van der Waals surface area contributed by atoms with Gasteiger partial charge in [0.1, 0.15) is 5.76 Å². The first-order valence-electron chi connectivity index (χ1n) is 9.56. The van der Waals surface area contributed by atoms with E-state index in [2.05, 4.69) is 17.6 Å². The molecule has 1 saturated heterocycles. The van der Waals surface area contributed by atoms with Gasteiger partial charge in [0.15, 0.2) is 0 Å². The van der Waals surface area contributed by atoms with E-state index >= 15 is 0 Å². The first-order valence-corrected chi connectivity index (χ1v) is 9.56. The van der Waals surface area contributed by atoms with Crippen LogP contribution in [0.25, 0.3) is 0 Å². The molecule has 1 fully saturated rings. The predicted molar refractivity (Wildman–Crippen MR) is 105 cm³/mol. The van der Waals surface area contributed by atoms with Crippen molar-refractivity contribution in [3.05, 3.63) is 54.0 Å². The van der Waals surface area contributed by atoms with Crippen LogP contribution in [0.3, 0.4) is 0 Å². The van der Waals surface area contributed by atoms with E-state index in [4.69, 9.17) is 4.42 Å². The minimum Gasteiger partial charge on any atom is -0.467 e. The fraction of sp³-hybridized carbons (Fsp3) is 0.381. The highest BCUT2D eigenvalue weighted by Gasteiger charge is 2.33. The number of hydrogen-bond donors (Lipinski definition) is 2. The van der Waals surface area contributed by atoms with Crippen LogP contribution in [0.2, 0.25) is 0 Å². The number of unbranched alkanes of at least 4 members (excludes halogenated alkanes) is 1. The monoisotopic (exact) mass is 383 g/mol. The van der Waals surface area contributed by atoms with Gasteiger partial charge in [0.2, 0.25) is 11.8 Å². The van der Waals surface area contributed by atoms with Crippen molar-refractivity contribution in [2.75, 3.05) is 18.4 Å². The molecule has 1 aromatic carbocycles. The van der Waals surface area contributed by atoms with Crippen LogP contribution in [0.4, 0.5) is 5.69 Å². The summed E-state index contributed by atoms with van der Waals surface area (Å²) in [4.78, 5) is 38.4. The van der Waals surface area contributed by atoms with Crippen molar-refractivity contribution in [3.8, 4) is 0 Å². The van der Waals surface area contributed by atoms with Gasteiger partial charge in [-0.3, -0.25) is 14.4 Å². The molecule has 1 unspecified atom stereocenters. The molecule has 0 radical (unpaired) electrons. The average Bonchev–Trinajstić information content (AvgIpc) is 3.34. The highest BCUT2D eigenvalue weighted by atomic mass is 16.3. The number of furan rings is 1. The van der Waals surface area contributed by atoms with Crippen LogP contribution >= 0.6 is 0 Å². The quantitative estimate of drug-likeness (QED) is 0.733. The van der Waals surface area contributed by atoms with E-state index in [0.717, 1.165) is 12.8 Å². The molecule has 1 atom stereocenters. The normalized spacial score (nSPS) is 16.2. The maximum absolute atomic E-state index is 12.5. The Labute approximate surface area is 164 Å². The largest absolute Gasteiger partial charge is 0.467 e. The fourth-order valence-corrected chi connectivity index (χ4v) is 3.14. The molecule has 7 nitrogen and oxygen atoms in total. The second-order valence-corrected chi connectivity index (χ2v) is 6.92. The summed E-state index contributed by atoms with van der Waals surface area (Å²) >= 11 is 0. The molecular weight excluding hydrogens is 358 g/mol. The van der Waals surface area contributed by atoms with E-state index in [1.54, 1.807) is 47.6 Å². The molecule has 0 bridgehead atoms. The number of benzene rings is 1. The zero-order valence-corrected chi connectivity index (χ0v) is 15.9. The molecule has 7 heteroatoms. The van der Waals surface area contributed by atoms with Gasteiger partial charge in [0, 0.05) is 30.8 Å². The molecule has 0 aliphatic carbocycles. The number of carbonyl (C=O) groups excluding carboxylic acids is 3. The van der Waals surface area contributed by atoms with Crippen molar-refractivity contribution in [1.82, 2.24) is 10.2 Å². The Kier molecular flexibility index (Phi) is 6.47. The lowest BCUT2D eigenvalue weighted by atomic mass is 10.1. The van der Waals surface area contributed by atoms with Crippen LogP contribution in [0.5, 0.6) is 0 Å². The predicted octanol–water partition coefficient (Wildman–Crippen LogP) is 2.80. The number of likely N-dealkylation sites (tertiary alicyclic amines) is 1. The zero-order valence-electron chi connectivity index (χ0n) is 15.9. The number of carbonyl (C=O) groups is 3. The summed E-state index contributed by atoms with van der Waals surface area (Å²) in [6, 6.07) is 10.2. The van der Waals surface area contributed by atoms with Crippen molar-refractivity contribution >= 4 is 23.4 Å². The summed E-state index contributed by atoms with van der Waals surface area (Å²) in [5.41, 5.74) is 1.10. The highest BCUT2D eigenvalue weighted by Crippen LogP contribution is 2.20. The van der Waals surface area contributed by atoms with E-state index in [9.17, 15) is 14.4 Å². The third-order valence-corrected chi connectivity index (χ3v) is 4.78. The number of anilines is 1. The van der Waals surface area contributed by atoms with Gasteiger partial charge in [-0.15, -0.1) is 0 Å². The van der Waals surface area contributed by atoms with Gasteiger partial charge >= 0.3 is 0 Å². The van der Waals surface area contributed by atoms with E-state index in [1.165, 1.54) is 0 Å². The highest BCUT2D eigenvalue weighted by molar-refractivity contribution is 5.98. The van der Waals surface area contributed by atoms with Gasteiger partial charge in [0.25, 0.3) is 5.91 Å². The summed E-state index contributed by atoms with van der Waals surface area (Å²) in [6.45, 7) is 3.57. The van der Waals surface area contributed by atoms with Crippen LogP contribution in [-0.2, 0) is 16.1 Å². The molecule has 2 heterocycles. The Morgan fingerprint density at radius 1 is 1.21 bits per heavy atom. The number of nitrogens with one attached hydrogen (secondary N) is 2. The van der Waals surface area contributed by atoms with Crippen molar-refractivity contribution in [3.63, 3.8) is 0 Å². The van der Waals surface area contributed by atoms with Crippen molar-refractivity contribution in [1.29, 1.82) is 0 Å². The first-order chi connectivity index (χ1) is 13.6. The molecule has 2 aromatic rings. The van der Waals surface area contributed by atoms with Crippen LogP contribution in [-0.4, -0.2) is 35.7 Å². The van der Waals surface area contributed by atoms with Crippen LogP contribution in [0, 0.1) is 5.92 Å². The zero-order chi connectivity index (χ0) is 19.9. The molecule has 28 heavy (non-hydrogen) atoms. The SMILES string of the molecule is CCCCN1CC(C(=O)Nc2ccc(C(=O)NCc3ccco3)cc2)CC1=O. The molecule has 1 aromatic heterocycles. The van der Waals surface area contributed by atoms with Crippen LogP contribution in [0.15, 0.2) is 47.1 Å².